The van der Waals surface area contributed by atoms with Crippen molar-refractivity contribution in [2.75, 3.05) is 24.6 Å². The Bertz CT molecular complexity index is 540. The van der Waals surface area contributed by atoms with Crippen LogP contribution in [0.1, 0.15) is 19.8 Å². The zero-order chi connectivity index (χ0) is 13.8. The number of rotatable bonds is 4. The fraction of sp³-hybridized carbons (Fsp3) is 0.500. The molecule has 1 saturated heterocycles. The van der Waals surface area contributed by atoms with Gasteiger partial charge >= 0.3 is 0 Å². The van der Waals surface area contributed by atoms with E-state index in [-0.39, 0.29) is 6.10 Å². The molecule has 2 aromatic rings. The molecule has 1 aromatic heterocycles. The molecule has 1 fully saturated rings. The van der Waals surface area contributed by atoms with E-state index < -0.39 is 0 Å². The Morgan fingerprint density at radius 1 is 1.30 bits per heavy atom. The van der Waals surface area contributed by atoms with Crippen LogP contribution in [0.15, 0.2) is 30.3 Å². The molecule has 0 aliphatic carbocycles. The first-order valence-corrected chi connectivity index (χ1v) is 7.09. The van der Waals surface area contributed by atoms with Crippen LogP contribution in [0, 0.1) is 0 Å². The number of nitrogens with zero attached hydrogens (tertiary/aromatic N) is 5. The molecule has 3 rings (SSSR count). The third-order valence-electron chi connectivity index (χ3n) is 3.52. The Morgan fingerprint density at radius 3 is 2.95 bits per heavy atom. The SMILES string of the molecule is CCOC1CCCN(c2nnnn2-c2ccccc2)C1. The van der Waals surface area contributed by atoms with Crippen molar-refractivity contribution < 1.29 is 4.74 Å². The van der Waals surface area contributed by atoms with E-state index in [0.29, 0.717) is 0 Å². The van der Waals surface area contributed by atoms with Crippen molar-refractivity contribution in [1.29, 1.82) is 0 Å². The molecule has 1 aromatic carbocycles. The molecule has 1 atom stereocenters. The smallest absolute Gasteiger partial charge is 0.250 e. The summed E-state index contributed by atoms with van der Waals surface area (Å²) in [6, 6.07) is 9.97. The summed E-state index contributed by atoms with van der Waals surface area (Å²) in [5.41, 5.74) is 0.978. The molecule has 0 bridgehead atoms. The van der Waals surface area contributed by atoms with Crippen LogP contribution in [-0.4, -0.2) is 46.0 Å². The van der Waals surface area contributed by atoms with Crippen LogP contribution in [0.2, 0.25) is 0 Å². The lowest BCUT2D eigenvalue weighted by atomic mass is 10.1. The third-order valence-corrected chi connectivity index (χ3v) is 3.52. The summed E-state index contributed by atoms with van der Waals surface area (Å²) in [4.78, 5) is 2.21. The van der Waals surface area contributed by atoms with Gasteiger partial charge in [0.15, 0.2) is 0 Å². The summed E-state index contributed by atoms with van der Waals surface area (Å²) in [6.45, 7) is 4.60. The van der Waals surface area contributed by atoms with Crippen molar-refractivity contribution in [1.82, 2.24) is 20.2 Å². The fourth-order valence-corrected chi connectivity index (χ4v) is 2.61. The number of piperidine rings is 1. The average Bonchev–Trinajstić information content (AvgIpc) is 2.98. The van der Waals surface area contributed by atoms with E-state index in [1.807, 2.05) is 37.3 Å². The molecule has 6 nitrogen and oxygen atoms in total. The molecular formula is C14H19N5O. The summed E-state index contributed by atoms with van der Waals surface area (Å²) in [7, 11) is 0. The van der Waals surface area contributed by atoms with Crippen molar-refractivity contribution in [3.8, 4) is 5.69 Å². The lowest BCUT2D eigenvalue weighted by molar-refractivity contribution is 0.0522. The maximum atomic E-state index is 5.74. The number of hydrogen-bond acceptors (Lipinski definition) is 5. The van der Waals surface area contributed by atoms with Crippen molar-refractivity contribution in [2.45, 2.75) is 25.9 Å². The standard InChI is InChI=1S/C14H19N5O/c1-2-20-13-9-6-10-18(11-13)14-15-16-17-19(14)12-7-4-3-5-8-12/h3-5,7-8,13H,2,6,9-11H2,1H3. The van der Waals surface area contributed by atoms with Gasteiger partial charge in [-0.2, -0.15) is 4.68 Å². The number of aromatic nitrogens is 4. The minimum absolute atomic E-state index is 0.273. The molecule has 0 spiro atoms. The quantitative estimate of drug-likeness (QED) is 0.848. The minimum Gasteiger partial charge on any atom is -0.377 e. The normalized spacial score (nSPS) is 19.2. The molecule has 1 unspecified atom stereocenters. The maximum Gasteiger partial charge on any atom is 0.250 e. The zero-order valence-electron chi connectivity index (χ0n) is 11.6. The molecule has 1 aliphatic rings. The van der Waals surface area contributed by atoms with Gasteiger partial charge in [-0.15, -0.1) is 0 Å². The molecule has 2 heterocycles. The first-order chi connectivity index (χ1) is 9.88. The molecule has 6 heteroatoms. The Labute approximate surface area is 118 Å². The summed E-state index contributed by atoms with van der Waals surface area (Å²) < 4.78 is 7.52. The predicted molar refractivity (Wildman–Crippen MR) is 76.0 cm³/mol. The second kappa shape index (κ2) is 6.00. The first kappa shape index (κ1) is 13.1. The number of ether oxygens (including phenoxy) is 1. The molecule has 0 saturated carbocycles. The van der Waals surface area contributed by atoms with Crippen LogP contribution in [0.4, 0.5) is 5.95 Å². The van der Waals surface area contributed by atoms with E-state index >= 15 is 0 Å². The summed E-state index contributed by atoms with van der Waals surface area (Å²) in [5.74, 6) is 0.792. The Morgan fingerprint density at radius 2 is 2.15 bits per heavy atom. The average molecular weight is 273 g/mol. The molecule has 1 aliphatic heterocycles. The highest BCUT2D eigenvalue weighted by Gasteiger charge is 2.24. The largest absolute Gasteiger partial charge is 0.377 e. The summed E-state index contributed by atoms with van der Waals surface area (Å²) in [5, 5.41) is 12.1. The number of hydrogen-bond donors (Lipinski definition) is 0. The topological polar surface area (TPSA) is 56.1 Å². The van der Waals surface area contributed by atoms with Crippen LogP contribution in [0.5, 0.6) is 0 Å². The highest BCUT2D eigenvalue weighted by atomic mass is 16.5. The monoisotopic (exact) mass is 273 g/mol. The van der Waals surface area contributed by atoms with Gasteiger partial charge in [0.2, 0.25) is 5.95 Å². The van der Waals surface area contributed by atoms with Crippen LogP contribution in [0.25, 0.3) is 5.69 Å². The second-order valence-corrected chi connectivity index (χ2v) is 4.89. The van der Waals surface area contributed by atoms with Crippen LogP contribution in [-0.2, 0) is 4.74 Å². The Balaban J connectivity index is 1.82. The highest BCUT2D eigenvalue weighted by molar-refractivity contribution is 5.40. The Hall–Kier alpha value is -1.95. The summed E-state index contributed by atoms with van der Waals surface area (Å²) >= 11 is 0. The van der Waals surface area contributed by atoms with E-state index in [0.717, 1.165) is 44.2 Å². The van der Waals surface area contributed by atoms with Crippen LogP contribution < -0.4 is 4.90 Å². The van der Waals surface area contributed by atoms with Crippen molar-refractivity contribution in [3.05, 3.63) is 30.3 Å². The van der Waals surface area contributed by atoms with E-state index in [2.05, 4.69) is 20.4 Å². The van der Waals surface area contributed by atoms with Crippen LogP contribution >= 0.6 is 0 Å². The fourth-order valence-electron chi connectivity index (χ4n) is 2.61. The third kappa shape index (κ3) is 2.65. The zero-order valence-corrected chi connectivity index (χ0v) is 11.6. The number of benzene rings is 1. The number of tetrazole rings is 1. The van der Waals surface area contributed by atoms with Gasteiger partial charge in [-0.3, -0.25) is 0 Å². The van der Waals surface area contributed by atoms with Crippen molar-refractivity contribution in [3.63, 3.8) is 0 Å². The highest BCUT2D eigenvalue weighted by Crippen LogP contribution is 2.21. The van der Waals surface area contributed by atoms with Crippen molar-refractivity contribution in [2.24, 2.45) is 0 Å². The lowest BCUT2D eigenvalue weighted by Crippen LogP contribution is -2.41. The van der Waals surface area contributed by atoms with Gasteiger partial charge in [-0.25, -0.2) is 0 Å². The van der Waals surface area contributed by atoms with E-state index in [1.165, 1.54) is 0 Å². The molecule has 0 N–H and O–H groups in total. The van der Waals surface area contributed by atoms with Gasteiger partial charge in [0, 0.05) is 19.7 Å². The van der Waals surface area contributed by atoms with Gasteiger partial charge in [0.1, 0.15) is 0 Å². The maximum absolute atomic E-state index is 5.74. The van der Waals surface area contributed by atoms with Gasteiger partial charge in [-0.1, -0.05) is 23.3 Å². The first-order valence-electron chi connectivity index (χ1n) is 7.09. The van der Waals surface area contributed by atoms with Crippen LogP contribution in [0.3, 0.4) is 0 Å². The molecule has 0 amide bonds. The lowest BCUT2D eigenvalue weighted by Gasteiger charge is -2.32. The minimum atomic E-state index is 0.273. The summed E-state index contributed by atoms with van der Waals surface area (Å²) in [6.07, 6.45) is 2.48. The predicted octanol–water partition coefficient (Wildman–Crippen LogP) is 1.67. The molecule has 0 radical (unpaired) electrons. The van der Waals surface area contributed by atoms with Gasteiger partial charge in [0.05, 0.1) is 11.8 Å². The molecule has 106 valence electrons. The number of anilines is 1. The van der Waals surface area contributed by atoms with Gasteiger partial charge < -0.3 is 9.64 Å². The Kier molecular flexibility index (Phi) is 3.92. The molecule has 20 heavy (non-hydrogen) atoms. The van der Waals surface area contributed by atoms with Gasteiger partial charge in [0.25, 0.3) is 0 Å². The van der Waals surface area contributed by atoms with Crippen molar-refractivity contribution >= 4 is 5.95 Å². The number of para-hydroxylation sites is 1. The molecular weight excluding hydrogens is 254 g/mol. The van der Waals surface area contributed by atoms with E-state index in [9.17, 15) is 0 Å². The van der Waals surface area contributed by atoms with E-state index in [1.54, 1.807) is 4.68 Å². The van der Waals surface area contributed by atoms with E-state index in [4.69, 9.17) is 4.74 Å². The van der Waals surface area contributed by atoms with Gasteiger partial charge in [-0.05, 0) is 42.3 Å². The second-order valence-electron chi connectivity index (χ2n) is 4.89.